The zero-order valence-electron chi connectivity index (χ0n) is 12.2. The topological polar surface area (TPSA) is 32.3 Å². The van der Waals surface area contributed by atoms with Crippen LogP contribution in [0, 0.1) is 0 Å². The van der Waals surface area contributed by atoms with E-state index in [0.717, 1.165) is 10.9 Å². The van der Waals surface area contributed by atoms with Crippen LogP contribution in [0.5, 0.6) is 0 Å². The van der Waals surface area contributed by atoms with Crippen LogP contribution < -0.4 is 5.32 Å². The van der Waals surface area contributed by atoms with Crippen molar-refractivity contribution >= 4 is 34.7 Å². The normalized spacial score (nSPS) is 11.3. The van der Waals surface area contributed by atoms with E-state index in [0.29, 0.717) is 10.9 Å². The van der Waals surface area contributed by atoms with Crippen LogP contribution in [0.2, 0.25) is 4.34 Å². The number of benzene rings is 1. The molecule has 0 bridgehead atoms. The Morgan fingerprint density at radius 1 is 1.26 bits per heavy atom. The summed E-state index contributed by atoms with van der Waals surface area (Å²) in [6.07, 6.45) is -4.53. The molecule has 1 heterocycles. The maximum Gasteiger partial charge on any atom is 0.418 e. The van der Waals surface area contributed by atoms with Gasteiger partial charge >= 0.3 is 12.2 Å². The van der Waals surface area contributed by atoms with E-state index in [1.807, 2.05) is 0 Å². The molecule has 2 aromatic rings. The molecule has 0 atom stereocenters. The molecule has 1 N–H and O–H groups in total. The first-order valence-corrected chi connectivity index (χ1v) is 7.97. The predicted octanol–water partition coefficient (Wildman–Crippen LogP) is 5.47. The van der Waals surface area contributed by atoms with Crippen LogP contribution in [0.15, 0.2) is 36.4 Å². The van der Waals surface area contributed by atoms with Crippen LogP contribution in [0.25, 0.3) is 0 Å². The van der Waals surface area contributed by atoms with Gasteiger partial charge in [0.2, 0.25) is 0 Å². The summed E-state index contributed by atoms with van der Waals surface area (Å²) in [6.45, 7) is 2.40. The average molecular weight is 363 g/mol. The van der Waals surface area contributed by atoms with Crippen molar-refractivity contribution in [1.82, 2.24) is 4.90 Å². The Morgan fingerprint density at radius 2 is 1.96 bits per heavy atom. The van der Waals surface area contributed by atoms with E-state index < -0.39 is 17.8 Å². The van der Waals surface area contributed by atoms with Crippen LogP contribution in [0.1, 0.15) is 17.4 Å². The summed E-state index contributed by atoms with van der Waals surface area (Å²) in [4.78, 5) is 14.5. The van der Waals surface area contributed by atoms with Gasteiger partial charge in [-0.1, -0.05) is 23.7 Å². The molecule has 0 saturated heterocycles. The molecule has 2 amide bonds. The highest BCUT2D eigenvalue weighted by atomic mass is 35.5. The van der Waals surface area contributed by atoms with E-state index in [1.54, 1.807) is 19.1 Å². The van der Waals surface area contributed by atoms with Crippen LogP contribution in [-0.2, 0) is 12.7 Å². The molecule has 3 nitrogen and oxygen atoms in total. The summed E-state index contributed by atoms with van der Waals surface area (Å²) in [7, 11) is 0. The molecule has 23 heavy (non-hydrogen) atoms. The lowest BCUT2D eigenvalue weighted by Gasteiger charge is -2.22. The van der Waals surface area contributed by atoms with Crippen molar-refractivity contribution in [3.8, 4) is 0 Å². The molecule has 124 valence electrons. The third-order valence-electron chi connectivity index (χ3n) is 3.12. The fourth-order valence-corrected chi connectivity index (χ4v) is 3.09. The lowest BCUT2D eigenvalue weighted by Crippen LogP contribution is -2.34. The van der Waals surface area contributed by atoms with Crippen LogP contribution >= 0.6 is 22.9 Å². The van der Waals surface area contributed by atoms with Crippen molar-refractivity contribution in [2.45, 2.75) is 19.6 Å². The average Bonchev–Trinajstić information content (AvgIpc) is 2.89. The van der Waals surface area contributed by atoms with E-state index in [9.17, 15) is 18.0 Å². The van der Waals surface area contributed by atoms with Crippen LogP contribution in [0.3, 0.4) is 0 Å². The molecular formula is C15H14ClF3N2OS. The van der Waals surface area contributed by atoms with Gasteiger partial charge in [-0.25, -0.2) is 4.79 Å². The van der Waals surface area contributed by atoms with Gasteiger partial charge in [-0.2, -0.15) is 13.2 Å². The zero-order chi connectivity index (χ0) is 17.0. The Balaban J connectivity index is 2.14. The van der Waals surface area contributed by atoms with Crippen molar-refractivity contribution in [3.63, 3.8) is 0 Å². The molecule has 2 rings (SSSR count). The van der Waals surface area contributed by atoms with Gasteiger partial charge < -0.3 is 10.2 Å². The Bertz CT molecular complexity index is 687. The molecule has 0 fully saturated rings. The second-order valence-electron chi connectivity index (χ2n) is 4.69. The SMILES string of the molecule is CCN(Cc1ccc(Cl)s1)C(=O)Nc1ccccc1C(F)(F)F. The molecule has 0 aliphatic carbocycles. The van der Waals surface area contributed by atoms with Gasteiger partial charge in [0.05, 0.1) is 22.1 Å². The molecule has 1 aromatic carbocycles. The van der Waals surface area contributed by atoms with Gasteiger partial charge in [0.1, 0.15) is 0 Å². The highest BCUT2D eigenvalue weighted by Gasteiger charge is 2.33. The highest BCUT2D eigenvalue weighted by molar-refractivity contribution is 7.16. The largest absolute Gasteiger partial charge is 0.418 e. The third kappa shape index (κ3) is 4.62. The Hall–Kier alpha value is -1.73. The maximum atomic E-state index is 13.0. The van der Waals surface area contributed by atoms with E-state index in [1.165, 1.54) is 34.4 Å². The number of carbonyl (C=O) groups is 1. The number of amides is 2. The van der Waals surface area contributed by atoms with Crippen molar-refractivity contribution in [2.24, 2.45) is 0 Å². The standard InChI is InChI=1S/C15H14ClF3N2OS/c1-2-21(9-10-7-8-13(16)23-10)14(22)20-12-6-4-3-5-11(12)15(17,18)19/h3-8H,2,9H2,1H3,(H,20,22). The first-order chi connectivity index (χ1) is 10.8. The Labute approximate surface area is 140 Å². The smallest absolute Gasteiger partial charge is 0.320 e. The van der Waals surface area contributed by atoms with Crippen molar-refractivity contribution < 1.29 is 18.0 Å². The Morgan fingerprint density at radius 3 is 2.52 bits per heavy atom. The third-order valence-corrected chi connectivity index (χ3v) is 4.33. The first kappa shape index (κ1) is 17.6. The second-order valence-corrected chi connectivity index (χ2v) is 6.49. The van der Waals surface area contributed by atoms with E-state index in [-0.39, 0.29) is 12.2 Å². The number of nitrogens with zero attached hydrogens (tertiary/aromatic N) is 1. The zero-order valence-corrected chi connectivity index (χ0v) is 13.7. The number of nitrogens with one attached hydrogen (secondary N) is 1. The monoisotopic (exact) mass is 362 g/mol. The fraction of sp³-hybridized carbons (Fsp3) is 0.267. The van der Waals surface area contributed by atoms with Crippen LogP contribution in [-0.4, -0.2) is 17.5 Å². The summed E-state index contributed by atoms with van der Waals surface area (Å²) in [5.74, 6) is 0. The molecule has 0 aliphatic heterocycles. The van der Waals surface area contributed by atoms with E-state index in [4.69, 9.17) is 11.6 Å². The lowest BCUT2D eigenvalue weighted by molar-refractivity contribution is -0.136. The van der Waals surface area contributed by atoms with Crippen molar-refractivity contribution in [3.05, 3.63) is 51.2 Å². The minimum absolute atomic E-state index is 0.257. The molecular weight excluding hydrogens is 349 g/mol. The maximum absolute atomic E-state index is 13.0. The number of hydrogen-bond acceptors (Lipinski definition) is 2. The molecule has 1 aromatic heterocycles. The van der Waals surface area contributed by atoms with Crippen molar-refractivity contribution in [1.29, 1.82) is 0 Å². The molecule has 0 saturated carbocycles. The minimum Gasteiger partial charge on any atom is -0.320 e. The molecule has 0 aliphatic rings. The Kier molecular flexibility index (Phi) is 5.54. The number of halogens is 4. The van der Waals surface area contributed by atoms with Gasteiger partial charge in [0.25, 0.3) is 0 Å². The first-order valence-electron chi connectivity index (χ1n) is 6.77. The number of carbonyl (C=O) groups excluding carboxylic acids is 1. The highest BCUT2D eigenvalue weighted by Crippen LogP contribution is 2.34. The number of urea groups is 1. The number of para-hydroxylation sites is 1. The fourth-order valence-electron chi connectivity index (χ4n) is 1.99. The second kappa shape index (κ2) is 7.23. The predicted molar refractivity (Wildman–Crippen MR) is 85.9 cm³/mol. The molecule has 0 unspecified atom stereocenters. The number of anilines is 1. The number of thiophene rings is 1. The van der Waals surface area contributed by atoms with Crippen LogP contribution in [0.4, 0.5) is 23.7 Å². The summed E-state index contributed by atoms with van der Waals surface area (Å²) in [5, 5.41) is 2.33. The summed E-state index contributed by atoms with van der Waals surface area (Å²) in [6, 6.07) is 7.80. The number of rotatable bonds is 4. The van der Waals surface area contributed by atoms with Gasteiger partial charge in [-0.05, 0) is 31.2 Å². The van der Waals surface area contributed by atoms with Crippen molar-refractivity contribution in [2.75, 3.05) is 11.9 Å². The van der Waals surface area contributed by atoms with Gasteiger partial charge in [0.15, 0.2) is 0 Å². The number of hydrogen-bond donors (Lipinski definition) is 1. The molecule has 8 heteroatoms. The van der Waals surface area contributed by atoms with E-state index >= 15 is 0 Å². The van der Waals surface area contributed by atoms with Gasteiger partial charge in [-0.15, -0.1) is 11.3 Å². The number of alkyl halides is 3. The quantitative estimate of drug-likeness (QED) is 0.768. The van der Waals surface area contributed by atoms with E-state index in [2.05, 4.69) is 5.32 Å². The summed E-state index contributed by atoms with van der Waals surface area (Å²) in [5.41, 5.74) is -1.13. The molecule has 0 spiro atoms. The lowest BCUT2D eigenvalue weighted by atomic mass is 10.1. The minimum atomic E-state index is -4.53. The van der Waals surface area contributed by atoms with Gasteiger partial charge in [-0.3, -0.25) is 0 Å². The summed E-state index contributed by atoms with van der Waals surface area (Å²) < 4.78 is 39.5. The molecule has 0 radical (unpaired) electrons. The summed E-state index contributed by atoms with van der Waals surface area (Å²) >= 11 is 7.17. The van der Waals surface area contributed by atoms with Gasteiger partial charge in [0, 0.05) is 11.4 Å².